The molecule has 2 rings (SSSR count). The lowest BCUT2D eigenvalue weighted by atomic mass is 10.1. The van der Waals surface area contributed by atoms with Gasteiger partial charge >= 0.3 is 0 Å². The molecule has 5 heteroatoms. The highest BCUT2D eigenvalue weighted by Gasteiger charge is 2.13. The number of rotatable bonds is 2. The van der Waals surface area contributed by atoms with E-state index in [-0.39, 0.29) is 11.6 Å². The number of H-pyrrole nitrogens is 1. The number of hydrogen-bond acceptors (Lipinski definition) is 4. The second-order valence-corrected chi connectivity index (χ2v) is 4.27. The minimum atomic E-state index is -0.365. The molecule has 0 saturated carbocycles. The molecule has 0 bridgehead atoms. The molecule has 0 aliphatic heterocycles. The van der Waals surface area contributed by atoms with Crippen LogP contribution in [0.5, 0.6) is 0 Å². The molecule has 3 N–H and O–H groups in total. The number of aryl methyl sites for hydroxylation is 1. The summed E-state index contributed by atoms with van der Waals surface area (Å²) in [5, 5.41) is 8.19. The first-order chi connectivity index (χ1) is 7.18. The molecule has 1 unspecified atom stereocenters. The fourth-order valence-electron chi connectivity index (χ4n) is 1.38. The third-order valence-electron chi connectivity index (χ3n) is 2.15. The van der Waals surface area contributed by atoms with Gasteiger partial charge in [-0.2, -0.15) is 5.10 Å². The Labute approximate surface area is 90.8 Å². The first-order valence-corrected chi connectivity index (χ1v) is 5.41. The Morgan fingerprint density at radius 3 is 3.07 bits per heavy atom. The minimum absolute atomic E-state index is 0.221. The lowest BCUT2D eigenvalue weighted by Crippen LogP contribution is -2.23. The Bertz CT molecular complexity index is 504. The fraction of sp³-hybridized carbons (Fsp3) is 0.200. The number of hydrogen-bond donors (Lipinski definition) is 2. The van der Waals surface area contributed by atoms with Gasteiger partial charge < -0.3 is 5.73 Å². The molecule has 15 heavy (non-hydrogen) atoms. The Morgan fingerprint density at radius 2 is 2.40 bits per heavy atom. The van der Waals surface area contributed by atoms with E-state index in [0.717, 1.165) is 10.6 Å². The SMILES string of the molecule is Cc1cc(C(N)c2cccs2)c(=O)[nH]n1. The van der Waals surface area contributed by atoms with Crippen molar-refractivity contribution < 1.29 is 0 Å². The van der Waals surface area contributed by atoms with Crippen LogP contribution in [-0.2, 0) is 0 Å². The summed E-state index contributed by atoms with van der Waals surface area (Å²) in [5.41, 5.74) is 7.09. The molecule has 2 heterocycles. The van der Waals surface area contributed by atoms with Crippen molar-refractivity contribution in [2.24, 2.45) is 5.73 Å². The number of aromatic nitrogens is 2. The van der Waals surface area contributed by atoms with E-state index in [0.29, 0.717) is 5.56 Å². The van der Waals surface area contributed by atoms with Crippen molar-refractivity contribution in [3.05, 3.63) is 50.1 Å². The average Bonchev–Trinajstić information content (AvgIpc) is 2.74. The molecule has 0 radical (unpaired) electrons. The van der Waals surface area contributed by atoms with E-state index in [1.807, 2.05) is 24.4 Å². The van der Waals surface area contributed by atoms with Gasteiger partial charge in [0.1, 0.15) is 0 Å². The Hall–Kier alpha value is -1.46. The summed E-state index contributed by atoms with van der Waals surface area (Å²) in [7, 11) is 0. The van der Waals surface area contributed by atoms with E-state index in [1.165, 1.54) is 0 Å². The monoisotopic (exact) mass is 221 g/mol. The summed E-state index contributed by atoms with van der Waals surface area (Å²) in [5.74, 6) is 0. The Morgan fingerprint density at radius 1 is 1.60 bits per heavy atom. The van der Waals surface area contributed by atoms with Crippen molar-refractivity contribution in [3.8, 4) is 0 Å². The third kappa shape index (κ3) is 1.98. The van der Waals surface area contributed by atoms with Gasteiger partial charge in [-0.05, 0) is 24.4 Å². The van der Waals surface area contributed by atoms with Gasteiger partial charge in [0.2, 0.25) is 0 Å². The van der Waals surface area contributed by atoms with Crippen molar-refractivity contribution in [1.29, 1.82) is 0 Å². The largest absolute Gasteiger partial charge is 0.319 e. The zero-order valence-corrected chi connectivity index (χ0v) is 9.04. The van der Waals surface area contributed by atoms with Crippen LogP contribution in [0.3, 0.4) is 0 Å². The van der Waals surface area contributed by atoms with Crippen LogP contribution in [0.4, 0.5) is 0 Å². The highest BCUT2D eigenvalue weighted by Crippen LogP contribution is 2.21. The molecule has 0 spiro atoms. The normalized spacial score (nSPS) is 12.7. The summed E-state index contributed by atoms with van der Waals surface area (Å²) in [6.45, 7) is 1.82. The van der Waals surface area contributed by atoms with Crippen LogP contribution in [0, 0.1) is 6.92 Å². The highest BCUT2D eigenvalue weighted by atomic mass is 32.1. The Balaban J connectivity index is 2.46. The summed E-state index contributed by atoms with van der Waals surface area (Å²) in [6.07, 6.45) is 0. The second kappa shape index (κ2) is 3.96. The standard InChI is InChI=1S/C10H11N3OS/c1-6-5-7(10(14)13-12-6)9(11)8-3-2-4-15-8/h2-5,9H,11H2,1H3,(H,13,14). The van der Waals surface area contributed by atoms with Crippen molar-refractivity contribution in [3.63, 3.8) is 0 Å². The maximum Gasteiger partial charge on any atom is 0.269 e. The minimum Gasteiger partial charge on any atom is -0.319 e. The molecule has 4 nitrogen and oxygen atoms in total. The summed E-state index contributed by atoms with van der Waals surface area (Å²) in [4.78, 5) is 12.5. The molecule has 0 amide bonds. The molecule has 78 valence electrons. The van der Waals surface area contributed by atoms with E-state index < -0.39 is 0 Å². The lowest BCUT2D eigenvalue weighted by molar-refractivity contribution is 0.827. The van der Waals surface area contributed by atoms with Crippen LogP contribution in [0.2, 0.25) is 0 Å². The summed E-state index contributed by atoms with van der Waals surface area (Å²) >= 11 is 1.54. The molecular formula is C10H11N3OS. The van der Waals surface area contributed by atoms with Gasteiger partial charge in [0.05, 0.1) is 11.7 Å². The molecule has 0 aromatic carbocycles. The smallest absolute Gasteiger partial charge is 0.269 e. The molecule has 2 aromatic heterocycles. The van der Waals surface area contributed by atoms with Gasteiger partial charge in [0.25, 0.3) is 5.56 Å². The van der Waals surface area contributed by atoms with E-state index in [2.05, 4.69) is 10.2 Å². The lowest BCUT2D eigenvalue weighted by Gasteiger charge is -2.08. The topological polar surface area (TPSA) is 71.8 Å². The number of nitrogens with two attached hydrogens (primary N) is 1. The molecule has 0 fully saturated rings. The second-order valence-electron chi connectivity index (χ2n) is 3.29. The Kier molecular flexibility index (Phi) is 2.66. The van der Waals surface area contributed by atoms with Crippen molar-refractivity contribution in [2.45, 2.75) is 13.0 Å². The number of nitrogens with one attached hydrogen (secondary N) is 1. The predicted octanol–water partition coefficient (Wildman–Crippen LogP) is 1.19. The van der Waals surface area contributed by atoms with E-state index >= 15 is 0 Å². The van der Waals surface area contributed by atoms with Crippen LogP contribution in [0.25, 0.3) is 0 Å². The summed E-state index contributed by atoms with van der Waals surface area (Å²) < 4.78 is 0. The summed E-state index contributed by atoms with van der Waals surface area (Å²) in [6, 6.07) is 5.20. The molecule has 0 aliphatic rings. The van der Waals surface area contributed by atoms with Gasteiger partial charge in [-0.3, -0.25) is 4.79 Å². The van der Waals surface area contributed by atoms with Crippen LogP contribution < -0.4 is 11.3 Å². The van der Waals surface area contributed by atoms with E-state index in [4.69, 9.17) is 5.73 Å². The van der Waals surface area contributed by atoms with Crippen LogP contribution in [0.15, 0.2) is 28.4 Å². The van der Waals surface area contributed by atoms with E-state index in [1.54, 1.807) is 17.4 Å². The predicted molar refractivity (Wildman–Crippen MR) is 59.9 cm³/mol. The highest BCUT2D eigenvalue weighted by molar-refractivity contribution is 7.10. The van der Waals surface area contributed by atoms with E-state index in [9.17, 15) is 4.79 Å². The van der Waals surface area contributed by atoms with Crippen LogP contribution in [-0.4, -0.2) is 10.2 Å². The van der Waals surface area contributed by atoms with Crippen LogP contribution >= 0.6 is 11.3 Å². The molecular weight excluding hydrogens is 210 g/mol. The number of aromatic amines is 1. The van der Waals surface area contributed by atoms with Gasteiger partial charge in [0.15, 0.2) is 0 Å². The van der Waals surface area contributed by atoms with Crippen molar-refractivity contribution in [2.75, 3.05) is 0 Å². The molecule has 1 atom stereocenters. The maximum atomic E-state index is 11.5. The first-order valence-electron chi connectivity index (χ1n) is 4.53. The molecule has 0 saturated heterocycles. The van der Waals surface area contributed by atoms with Gasteiger partial charge in [-0.15, -0.1) is 11.3 Å². The average molecular weight is 221 g/mol. The van der Waals surface area contributed by atoms with Crippen LogP contribution in [0.1, 0.15) is 22.2 Å². The van der Waals surface area contributed by atoms with Crippen molar-refractivity contribution in [1.82, 2.24) is 10.2 Å². The van der Waals surface area contributed by atoms with Gasteiger partial charge in [-0.1, -0.05) is 6.07 Å². The zero-order chi connectivity index (χ0) is 10.8. The molecule has 0 aliphatic carbocycles. The van der Waals surface area contributed by atoms with Crippen molar-refractivity contribution >= 4 is 11.3 Å². The number of thiophene rings is 1. The first kappa shape index (κ1) is 10.1. The maximum absolute atomic E-state index is 11.5. The van der Waals surface area contributed by atoms with Gasteiger partial charge in [-0.25, -0.2) is 5.10 Å². The van der Waals surface area contributed by atoms with Gasteiger partial charge in [0, 0.05) is 10.4 Å². The fourth-order valence-corrected chi connectivity index (χ4v) is 2.12. The zero-order valence-electron chi connectivity index (χ0n) is 8.23. The quantitative estimate of drug-likeness (QED) is 0.800. The number of nitrogens with zero attached hydrogens (tertiary/aromatic N) is 1. The molecule has 2 aromatic rings. The third-order valence-corrected chi connectivity index (χ3v) is 3.10.